The van der Waals surface area contributed by atoms with Crippen molar-refractivity contribution in [1.29, 1.82) is 0 Å². The second kappa shape index (κ2) is 18.1. The number of phosphoric ester groups is 1. The second-order valence-corrected chi connectivity index (χ2v) is 13.3. The molecule has 1 N–H and O–H groups in total. The molecule has 2 unspecified atom stereocenters. The molecule has 5 rings (SSSR count). The fourth-order valence-electron chi connectivity index (χ4n) is 5.00. The van der Waals surface area contributed by atoms with E-state index in [2.05, 4.69) is 9.05 Å². The Morgan fingerprint density at radius 3 is 1.13 bits per heavy atom. The van der Waals surface area contributed by atoms with Gasteiger partial charge in [0.15, 0.2) is 105 Å². The summed E-state index contributed by atoms with van der Waals surface area (Å²) >= 11 is 0. The van der Waals surface area contributed by atoms with Crippen molar-refractivity contribution in [3.8, 4) is 0 Å². The minimum absolute atomic E-state index is 0.240. The molecule has 2 atom stereocenters. The lowest BCUT2D eigenvalue weighted by molar-refractivity contribution is -0.148. The van der Waals surface area contributed by atoms with Gasteiger partial charge in [-0.1, -0.05) is 0 Å². The van der Waals surface area contributed by atoms with Crippen molar-refractivity contribution in [2.24, 2.45) is 0 Å². The van der Waals surface area contributed by atoms with Gasteiger partial charge in [-0.15, -0.1) is 0 Å². The number of hydrogen-bond acceptors (Lipinski definition) is 9. The van der Waals surface area contributed by atoms with Crippen LogP contribution in [0.4, 0.5) is 70.2 Å². The fourth-order valence-corrected chi connectivity index (χ4v) is 6.28. The Labute approximate surface area is 322 Å². The molecule has 26 heteroatoms. The van der Waals surface area contributed by atoms with Crippen molar-refractivity contribution >= 4 is 13.8 Å². The van der Waals surface area contributed by atoms with E-state index in [0.717, 1.165) is 0 Å². The number of carbonyl (C=O) groups is 1. The summed E-state index contributed by atoms with van der Waals surface area (Å²) in [5.41, 5.74) is -6.66. The molecule has 4 aromatic rings. The molecular formula is C34H17F16O9P. The molecule has 1 aliphatic rings. The molecular weight excluding hydrogens is 887 g/mol. The summed E-state index contributed by atoms with van der Waals surface area (Å²) in [6.45, 7) is -9.03. The zero-order valence-electron chi connectivity index (χ0n) is 28.7. The first-order valence-electron chi connectivity index (χ1n) is 15.8. The Balaban J connectivity index is 1.57. The predicted octanol–water partition coefficient (Wildman–Crippen LogP) is 8.70. The number of rotatable bonds is 16. The maximum Gasteiger partial charge on any atom is 0.475 e. The number of phosphoric acid groups is 1. The molecule has 0 amide bonds. The highest BCUT2D eigenvalue weighted by molar-refractivity contribution is 7.48. The lowest BCUT2D eigenvalue weighted by Crippen LogP contribution is -2.35. The average Bonchev–Trinajstić information content (AvgIpc) is 3.50. The summed E-state index contributed by atoms with van der Waals surface area (Å²) in [7, 11) is -6.10. The van der Waals surface area contributed by atoms with Gasteiger partial charge in [-0.05, 0) is 0 Å². The predicted molar refractivity (Wildman–Crippen MR) is 161 cm³/mol. The van der Waals surface area contributed by atoms with Crippen molar-refractivity contribution in [2.75, 3.05) is 6.61 Å². The molecule has 324 valence electrons. The number of benzene rings is 4. The quantitative estimate of drug-likeness (QED) is 0.0512. The molecule has 0 fully saturated rings. The molecule has 0 bridgehead atoms. The topological polar surface area (TPSA) is 110 Å². The number of aliphatic hydroxyl groups is 1. The van der Waals surface area contributed by atoms with Crippen LogP contribution in [-0.2, 0) is 63.6 Å². The Kier molecular flexibility index (Phi) is 13.8. The molecule has 0 saturated heterocycles. The van der Waals surface area contributed by atoms with Gasteiger partial charge in [0.1, 0.15) is 19.3 Å². The molecule has 0 spiro atoms. The van der Waals surface area contributed by atoms with E-state index < -0.39 is 186 Å². The highest BCUT2D eigenvalue weighted by atomic mass is 31.2. The number of halogens is 16. The minimum atomic E-state index is -6.10. The standard InChI is InChI=1S/C34H17F16O9P/c35-14-1-15(36)24(44)10(23(14)43)6-54-32-31(58-34(52)33(32)55-7-11-25(45)16(37)2-17(38)26(11)46)22(5-51)59-60(53,56-8-12-27(47)18(39)3-19(40)28(12)48)57-9-13-29(49)20(41)4-21(42)30(13)50/h1-4,22,31,51H,5-9H2. The summed E-state index contributed by atoms with van der Waals surface area (Å²) in [6, 6.07) is -1.08. The first-order chi connectivity index (χ1) is 28.1. The van der Waals surface area contributed by atoms with Crippen LogP contribution in [0.25, 0.3) is 0 Å². The summed E-state index contributed by atoms with van der Waals surface area (Å²) in [5.74, 6) is -38.6. The summed E-state index contributed by atoms with van der Waals surface area (Å²) in [6.07, 6.45) is -5.35. The lowest BCUT2D eigenvalue weighted by atomic mass is 10.1. The largest absolute Gasteiger partial charge is 0.485 e. The van der Waals surface area contributed by atoms with Crippen LogP contribution in [-0.4, -0.2) is 29.9 Å². The van der Waals surface area contributed by atoms with Crippen molar-refractivity contribution in [1.82, 2.24) is 0 Å². The van der Waals surface area contributed by atoms with Crippen molar-refractivity contribution in [3.63, 3.8) is 0 Å². The van der Waals surface area contributed by atoms with Crippen LogP contribution < -0.4 is 0 Å². The molecule has 0 aliphatic carbocycles. The highest BCUT2D eigenvalue weighted by Crippen LogP contribution is 2.54. The monoisotopic (exact) mass is 904 g/mol. The molecule has 0 aromatic heterocycles. The van der Waals surface area contributed by atoms with E-state index in [4.69, 9.17) is 18.7 Å². The number of esters is 1. The Hall–Kier alpha value is -5.36. The van der Waals surface area contributed by atoms with Gasteiger partial charge < -0.3 is 19.3 Å². The third-order valence-electron chi connectivity index (χ3n) is 7.96. The van der Waals surface area contributed by atoms with E-state index in [9.17, 15) is 84.7 Å². The van der Waals surface area contributed by atoms with E-state index in [1.165, 1.54) is 0 Å². The Morgan fingerprint density at radius 2 is 0.817 bits per heavy atom. The highest BCUT2D eigenvalue weighted by Gasteiger charge is 2.47. The number of aliphatic hydroxyl groups excluding tert-OH is 1. The number of carbonyl (C=O) groups excluding carboxylic acids is 1. The van der Waals surface area contributed by atoms with Crippen LogP contribution in [0, 0.1) is 93.1 Å². The number of hydrogen-bond donors (Lipinski definition) is 1. The molecule has 60 heavy (non-hydrogen) atoms. The molecule has 0 radical (unpaired) electrons. The smallest absolute Gasteiger partial charge is 0.475 e. The van der Waals surface area contributed by atoms with Crippen LogP contribution in [0.3, 0.4) is 0 Å². The van der Waals surface area contributed by atoms with Gasteiger partial charge in [0.05, 0.1) is 42.1 Å². The minimum Gasteiger partial charge on any atom is -0.485 e. The molecule has 1 heterocycles. The van der Waals surface area contributed by atoms with Gasteiger partial charge in [-0.2, -0.15) is 0 Å². The molecule has 4 aromatic carbocycles. The fraction of sp³-hybridized carbons (Fsp3) is 0.206. The zero-order chi connectivity index (χ0) is 44.5. The third kappa shape index (κ3) is 9.18. The first-order valence-corrected chi connectivity index (χ1v) is 17.2. The van der Waals surface area contributed by atoms with E-state index >= 15 is 0 Å². The van der Waals surface area contributed by atoms with Crippen molar-refractivity contribution in [2.45, 2.75) is 38.6 Å². The van der Waals surface area contributed by atoms with E-state index in [0.29, 0.717) is 0 Å². The van der Waals surface area contributed by atoms with Gasteiger partial charge in [0, 0.05) is 24.3 Å². The summed E-state index contributed by atoms with van der Waals surface area (Å²) in [5, 5.41) is 10.2. The first kappa shape index (κ1) is 45.7. The van der Waals surface area contributed by atoms with E-state index in [1.807, 2.05) is 0 Å². The van der Waals surface area contributed by atoms with Gasteiger partial charge in [0.2, 0.25) is 5.76 Å². The molecule has 9 nitrogen and oxygen atoms in total. The van der Waals surface area contributed by atoms with Gasteiger partial charge in [-0.3, -0.25) is 13.6 Å². The number of ether oxygens (including phenoxy) is 3. The van der Waals surface area contributed by atoms with Crippen LogP contribution in [0.15, 0.2) is 35.8 Å². The zero-order valence-corrected chi connectivity index (χ0v) is 29.6. The van der Waals surface area contributed by atoms with Crippen LogP contribution in [0.5, 0.6) is 0 Å². The normalized spacial score (nSPS) is 14.9. The van der Waals surface area contributed by atoms with Gasteiger partial charge >= 0.3 is 13.8 Å². The Morgan fingerprint density at radius 1 is 0.517 bits per heavy atom. The van der Waals surface area contributed by atoms with Crippen molar-refractivity contribution < 1.29 is 112 Å². The summed E-state index contributed by atoms with van der Waals surface area (Å²) in [4.78, 5) is 13.0. The van der Waals surface area contributed by atoms with E-state index in [1.54, 1.807) is 0 Å². The van der Waals surface area contributed by atoms with E-state index in [-0.39, 0.29) is 24.3 Å². The van der Waals surface area contributed by atoms with Crippen LogP contribution in [0.1, 0.15) is 22.3 Å². The number of cyclic esters (lactones) is 1. The Bertz CT molecular complexity index is 2280. The van der Waals surface area contributed by atoms with Gasteiger partial charge in [-0.25, -0.2) is 79.6 Å². The third-order valence-corrected chi connectivity index (χ3v) is 9.38. The average molecular weight is 904 g/mol. The van der Waals surface area contributed by atoms with Gasteiger partial charge in [0.25, 0.3) is 0 Å². The maximum absolute atomic E-state index is 14.5. The SMILES string of the molecule is O=C1OC(C(CO)OP(=O)(OCc2c(F)c(F)cc(F)c2F)OCc2c(F)c(F)cc(F)c2F)C(OCc2c(F)c(F)cc(F)c2F)=C1OCc1c(F)c(F)cc(F)c1F. The lowest BCUT2D eigenvalue weighted by Gasteiger charge is -2.27. The van der Waals surface area contributed by atoms with Crippen LogP contribution in [0.2, 0.25) is 0 Å². The molecule has 1 aliphatic heterocycles. The van der Waals surface area contributed by atoms with Crippen LogP contribution >= 0.6 is 7.82 Å². The summed E-state index contributed by atoms with van der Waals surface area (Å²) < 4.78 is 270. The second-order valence-electron chi connectivity index (χ2n) is 11.7. The maximum atomic E-state index is 14.5. The van der Waals surface area contributed by atoms with Crippen molar-refractivity contribution in [3.05, 3.63) is 151 Å². The molecule has 0 saturated carbocycles.